The van der Waals surface area contributed by atoms with Crippen molar-refractivity contribution in [2.45, 2.75) is 0 Å². The van der Waals surface area contributed by atoms with Gasteiger partial charge in [0.1, 0.15) is 0 Å². The lowest BCUT2D eigenvalue weighted by Crippen LogP contribution is -2.07. The summed E-state index contributed by atoms with van der Waals surface area (Å²) in [6, 6.07) is 70.3. The smallest absolute Gasteiger partial charge is 0.238 e. The predicted molar refractivity (Wildman–Crippen MR) is 230 cm³/mol. The second-order valence-corrected chi connectivity index (χ2v) is 14.0. The van der Waals surface area contributed by atoms with Gasteiger partial charge >= 0.3 is 0 Å². The first-order chi connectivity index (χ1) is 27.8. The van der Waals surface area contributed by atoms with Crippen molar-refractivity contribution >= 4 is 43.6 Å². The molecule has 0 aliphatic rings. The monoisotopic (exact) mass is 715 g/mol. The number of aromatic nitrogens is 5. The van der Waals surface area contributed by atoms with Crippen LogP contribution in [0.3, 0.4) is 0 Å². The molecule has 0 spiro atoms. The fourth-order valence-electron chi connectivity index (χ4n) is 8.28. The van der Waals surface area contributed by atoms with Gasteiger partial charge in [0, 0.05) is 38.4 Å². The molecule has 0 radical (unpaired) electrons. The van der Waals surface area contributed by atoms with Crippen LogP contribution in [0.25, 0.3) is 100 Å². The van der Waals surface area contributed by atoms with Gasteiger partial charge in [0.15, 0.2) is 11.6 Å². The number of para-hydroxylation sites is 2. The van der Waals surface area contributed by atoms with Gasteiger partial charge in [-0.3, -0.25) is 4.57 Å². The lowest BCUT2D eigenvalue weighted by atomic mass is 9.99. The highest BCUT2D eigenvalue weighted by Crippen LogP contribution is 2.42. The molecule has 11 aromatic rings. The van der Waals surface area contributed by atoms with Crippen molar-refractivity contribution in [3.05, 3.63) is 200 Å². The van der Waals surface area contributed by atoms with Crippen LogP contribution >= 0.6 is 0 Å². The molecule has 5 nitrogen and oxygen atoms in total. The number of rotatable bonds is 6. The van der Waals surface area contributed by atoms with Crippen LogP contribution in [0.15, 0.2) is 200 Å². The maximum Gasteiger partial charge on any atom is 0.238 e. The molecule has 0 saturated heterocycles. The third kappa shape index (κ3) is 5.13. The molecule has 3 aromatic heterocycles. The molecule has 0 atom stereocenters. The third-order valence-corrected chi connectivity index (χ3v) is 10.8. The van der Waals surface area contributed by atoms with Gasteiger partial charge in [-0.15, -0.1) is 0 Å². The Morgan fingerprint density at radius 1 is 0.304 bits per heavy atom. The largest absolute Gasteiger partial charge is 0.307 e. The number of fused-ring (bicyclic) bond motifs is 7. The molecule has 3 heterocycles. The average Bonchev–Trinajstić information content (AvgIpc) is 3.80. The Morgan fingerprint density at radius 3 is 1.48 bits per heavy atom. The maximum atomic E-state index is 5.41. The number of hydrogen-bond acceptors (Lipinski definition) is 3. The summed E-state index contributed by atoms with van der Waals surface area (Å²) in [5.41, 5.74) is 11.7. The Hall–Kier alpha value is -7.63. The van der Waals surface area contributed by atoms with Crippen LogP contribution in [0.1, 0.15) is 0 Å². The molecule has 8 aromatic carbocycles. The van der Waals surface area contributed by atoms with Crippen molar-refractivity contribution < 1.29 is 0 Å². The van der Waals surface area contributed by atoms with Crippen LogP contribution in [0.2, 0.25) is 0 Å². The van der Waals surface area contributed by atoms with Gasteiger partial charge in [0.25, 0.3) is 0 Å². The van der Waals surface area contributed by atoms with Crippen LogP contribution in [0.5, 0.6) is 0 Å². The highest BCUT2D eigenvalue weighted by molar-refractivity contribution is 6.23. The van der Waals surface area contributed by atoms with E-state index in [-0.39, 0.29) is 0 Å². The van der Waals surface area contributed by atoms with Crippen molar-refractivity contribution in [3.63, 3.8) is 0 Å². The first kappa shape index (κ1) is 31.9. The van der Waals surface area contributed by atoms with E-state index in [0.717, 1.165) is 71.7 Å². The van der Waals surface area contributed by atoms with Crippen molar-refractivity contribution in [3.8, 4) is 56.7 Å². The molecule has 0 aliphatic carbocycles. The highest BCUT2D eigenvalue weighted by atomic mass is 15.2. The molecule has 0 amide bonds. The van der Waals surface area contributed by atoms with E-state index in [9.17, 15) is 0 Å². The van der Waals surface area contributed by atoms with E-state index in [2.05, 4.69) is 185 Å². The first-order valence-corrected chi connectivity index (χ1v) is 18.9. The zero-order valence-electron chi connectivity index (χ0n) is 30.3. The SMILES string of the molecule is c1ccc(-c2cccc(-n3c4ccccc4c4ccc5c6ccccc6n(-c6nc(-c7ccccc7)nc(-c7ccccc7-c7ccccc7)n6)c5c43)c2)cc1. The van der Waals surface area contributed by atoms with Crippen LogP contribution in [0.4, 0.5) is 0 Å². The molecule has 0 aliphatic heterocycles. The summed E-state index contributed by atoms with van der Waals surface area (Å²) in [5, 5.41) is 4.61. The minimum atomic E-state index is 0.560. The fraction of sp³-hybridized carbons (Fsp3) is 0. The van der Waals surface area contributed by atoms with Gasteiger partial charge in [0.2, 0.25) is 5.95 Å². The van der Waals surface area contributed by atoms with Gasteiger partial charge in [0.05, 0.1) is 22.1 Å². The van der Waals surface area contributed by atoms with Gasteiger partial charge in [-0.2, -0.15) is 9.97 Å². The second-order valence-electron chi connectivity index (χ2n) is 14.0. The number of nitrogens with zero attached hydrogens (tertiary/aromatic N) is 5. The summed E-state index contributed by atoms with van der Waals surface area (Å²) in [6.45, 7) is 0. The van der Waals surface area contributed by atoms with Crippen LogP contribution < -0.4 is 0 Å². The Morgan fingerprint density at radius 2 is 0.804 bits per heavy atom. The topological polar surface area (TPSA) is 48.5 Å². The van der Waals surface area contributed by atoms with Crippen LogP contribution in [-0.2, 0) is 0 Å². The zero-order chi connectivity index (χ0) is 37.0. The lowest BCUT2D eigenvalue weighted by molar-refractivity contribution is 0.953. The minimum absolute atomic E-state index is 0.560. The summed E-state index contributed by atoms with van der Waals surface area (Å²) in [6.07, 6.45) is 0. The Balaban J connectivity index is 1.27. The summed E-state index contributed by atoms with van der Waals surface area (Å²) < 4.78 is 4.67. The van der Waals surface area contributed by atoms with Gasteiger partial charge in [-0.1, -0.05) is 176 Å². The quantitative estimate of drug-likeness (QED) is 0.172. The molecule has 0 unspecified atom stereocenters. The van der Waals surface area contributed by atoms with Crippen molar-refractivity contribution in [1.82, 2.24) is 24.1 Å². The highest BCUT2D eigenvalue weighted by Gasteiger charge is 2.24. The molecular formula is C51H33N5. The normalized spacial score (nSPS) is 11.6. The van der Waals surface area contributed by atoms with Crippen molar-refractivity contribution in [2.24, 2.45) is 0 Å². The molecular weight excluding hydrogens is 683 g/mol. The zero-order valence-corrected chi connectivity index (χ0v) is 30.3. The summed E-state index contributed by atoms with van der Waals surface area (Å²) in [7, 11) is 0. The minimum Gasteiger partial charge on any atom is -0.307 e. The maximum absolute atomic E-state index is 5.41. The molecule has 0 bridgehead atoms. The fourth-order valence-corrected chi connectivity index (χ4v) is 8.28. The number of hydrogen-bond donors (Lipinski definition) is 0. The Labute approximate surface area is 323 Å². The molecule has 5 heteroatoms. The van der Waals surface area contributed by atoms with E-state index >= 15 is 0 Å². The van der Waals surface area contributed by atoms with E-state index in [1.54, 1.807) is 0 Å². The van der Waals surface area contributed by atoms with Gasteiger partial charge in [-0.25, -0.2) is 4.98 Å². The van der Waals surface area contributed by atoms with Crippen LogP contribution in [0, 0.1) is 0 Å². The molecule has 0 saturated carbocycles. The first-order valence-electron chi connectivity index (χ1n) is 18.9. The summed E-state index contributed by atoms with van der Waals surface area (Å²) in [4.78, 5) is 15.9. The van der Waals surface area contributed by atoms with E-state index in [1.165, 1.54) is 10.9 Å². The van der Waals surface area contributed by atoms with Crippen molar-refractivity contribution in [2.75, 3.05) is 0 Å². The standard InChI is InChI=1S/C51H33N5/c1-4-17-34(18-5-1)37-23-16-24-38(33-37)55-45-29-14-12-26-40(45)42-31-32-43-41-27-13-15-30-46(41)56(48(43)47(42)55)51-53-49(36-21-8-3-9-22-36)52-50(54-51)44-28-11-10-25-39(44)35-19-6-2-7-20-35/h1-33H. The Kier molecular flexibility index (Phi) is 7.42. The van der Waals surface area contributed by atoms with E-state index in [0.29, 0.717) is 17.6 Å². The van der Waals surface area contributed by atoms with E-state index in [4.69, 9.17) is 15.0 Å². The number of benzene rings is 8. The van der Waals surface area contributed by atoms with Gasteiger partial charge < -0.3 is 4.57 Å². The summed E-state index contributed by atoms with van der Waals surface area (Å²) in [5.74, 6) is 1.79. The Bertz CT molecular complexity index is 3240. The average molecular weight is 716 g/mol. The van der Waals surface area contributed by atoms with Crippen molar-refractivity contribution in [1.29, 1.82) is 0 Å². The van der Waals surface area contributed by atoms with E-state index < -0.39 is 0 Å². The molecule has 262 valence electrons. The lowest BCUT2D eigenvalue weighted by Gasteiger charge is -2.15. The summed E-state index contributed by atoms with van der Waals surface area (Å²) >= 11 is 0. The molecule has 56 heavy (non-hydrogen) atoms. The molecule has 11 rings (SSSR count). The van der Waals surface area contributed by atoms with E-state index in [1.807, 2.05) is 24.3 Å². The molecule has 0 N–H and O–H groups in total. The molecule has 0 fully saturated rings. The third-order valence-electron chi connectivity index (χ3n) is 10.8. The van der Waals surface area contributed by atoms with Crippen LogP contribution in [-0.4, -0.2) is 24.1 Å². The second kappa shape index (κ2) is 13.0. The van der Waals surface area contributed by atoms with Gasteiger partial charge in [-0.05, 0) is 46.5 Å². The predicted octanol–water partition coefficient (Wildman–Crippen LogP) is 12.7.